The highest BCUT2D eigenvalue weighted by Crippen LogP contribution is 2.36. The second kappa shape index (κ2) is 9.56. The molecule has 0 saturated heterocycles. The highest BCUT2D eigenvalue weighted by atomic mass is 15.0. The van der Waals surface area contributed by atoms with Crippen LogP contribution in [-0.2, 0) is 6.54 Å². The van der Waals surface area contributed by atoms with Crippen molar-refractivity contribution in [1.29, 1.82) is 0 Å². The van der Waals surface area contributed by atoms with E-state index < -0.39 is 0 Å². The van der Waals surface area contributed by atoms with Gasteiger partial charge < -0.3 is 5.32 Å². The predicted molar refractivity (Wildman–Crippen MR) is 157 cm³/mol. The van der Waals surface area contributed by atoms with E-state index in [9.17, 15) is 0 Å². The molecule has 4 aromatic carbocycles. The van der Waals surface area contributed by atoms with Gasteiger partial charge in [-0.2, -0.15) is 0 Å². The van der Waals surface area contributed by atoms with Gasteiger partial charge in [-0.15, -0.1) is 0 Å². The Kier molecular flexibility index (Phi) is 5.63. The third kappa shape index (κ3) is 4.10. The molecule has 1 aliphatic carbocycles. The van der Waals surface area contributed by atoms with Crippen molar-refractivity contribution in [2.45, 2.75) is 19.4 Å². The molecule has 38 heavy (non-hydrogen) atoms. The maximum Gasteiger partial charge on any atom is 0.160 e. The fraction of sp³-hybridized carbons (Fsp3) is 0.0882. The summed E-state index contributed by atoms with van der Waals surface area (Å²) in [7, 11) is 0. The number of hydrogen-bond acceptors (Lipinski definition) is 4. The first-order chi connectivity index (χ1) is 18.8. The van der Waals surface area contributed by atoms with Crippen molar-refractivity contribution in [1.82, 2.24) is 9.97 Å². The molecule has 0 unspecified atom stereocenters. The summed E-state index contributed by atoms with van der Waals surface area (Å²) in [4.78, 5) is 15.2. The summed E-state index contributed by atoms with van der Waals surface area (Å²) in [6, 6.07) is 33.6. The Morgan fingerprint density at radius 3 is 2.11 bits per heavy atom. The number of nitrogens with one attached hydrogen (secondary N) is 1. The number of rotatable bonds is 4. The summed E-state index contributed by atoms with van der Waals surface area (Å²) in [5.74, 6) is 1.69. The van der Waals surface area contributed by atoms with E-state index in [1.807, 2.05) is 12.1 Å². The van der Waals surface area contributed by atoms with Crippen molar-refractivity contribution in [2.75, 3.05) is 5.32 Å². The largest absolute Gasteiger partial charge is 0.340 e. The summed E-state index contributed by atoms with van der Waals surface area (Å²) < 4.78 is 0. The Balaban J connectivity index is 1.36. The van der Waals surface area contributed by atoms with Crippen LogP contribution >= 0.6 is 0 Å². The second-order valence-corrected chi connectivity index (χ2v) is 9.64. The Bertz CT molecular complexity index is 1730. The fourth-order valence-corrected chi connectivity index (χ4v) is 5.22. The van der Waals surface area contributed by atoms with Gasteiger partial charge in [-0.3, -0.25) is 4.99 Å². The lowest BCUT2D eigenvalue weighted by Gasteiger charge is -2.22. The van der Waals surface area contributed by atoms with E-state index in [0.717, 1.165) is 63.5 Å². The second-order valence-electron chi connectivity index (χ2n) is 9.64. The first kappa shape index (κ1) is 22.4. The fourth-order valence-electron chi connectivity index (χ4n) is 5.22. The highest BCUT2D eigenvalue weighted by Gasteiger charge is 2.21. The lowest BCUT2D eigenvalue weighted by molar-refractivity contribution is 0.980. The summed E-state index contributed by atoms with van der Waals surface area (Å²) in [5, 5.41) is 4.63. The summed E-state index contributed by atoms with van der Waals surface area (Å²) in [6.45, 7) is 0.591. The zero-order valence-corrected chi connectivity index (χ0v) is 20.9. The van der Waals surface area contributed by atoms with Gasteiger partial charge in [0.25, 0.3) is 0 Å². The quantitative estimate of drug-likeness (QED) is 0.276. The minimum Gasteiger partial charge on any atom is -0.340 e. The summed E-state index contributed by atoms with van der Waals surface area (Å²) in [5.41, 5.74) is 9.77. The van der Waals surface area contributed by atoms with Gasteiger partial charge in [0.05, 0.1) is 17.8 Å². The van der Waals surface area contributed by atoms with Gasteiger partial charge >= 0.3 is 0 Å². The molecule has 0 bridgehead atoms. The van der Waals surface area contributed by atoms with E-state index in [0.29, 0.717) is 6.54 Å². The Morgan fingerprint density at radius 1 is 0.658 bits per heavy atom. The third-order valence-corrected chi connectivity index (χ3v) is 7.24. The van der Waals surface area contributed by atoms with Gasteiger partial charge in [0.1, 0.15) is 5.84 Å². The van der Waals surface area contributed by atoms with Crippen molar-refractivity contribution >= 4 is 22.4 Å². The number of allylic oxidation sites excluding steroid dienone is 3. The molecule has 0 atom stereocenters. The van der Waals surface area contributed by atoms with E-state index in [-0.39, 0.29) is 0 Å². The number of benzene rings is 4. The van der Waals surface area contributed by atoms with Gasteiger partial charge in [0, 0.05) is 27.8 Å². The van der Waals surface area contributed by atoms with Crippen LogP contribution in [0.1, 0.15) is 18.4 Å². The summed E-state index contributed by atoms with van der Waals surface area (Å²) in [6.07, 6.45) is 8.54. The van der Waals surface area contributed by atoms with E-state index in [1.165, 1.54) is 16.7 Å². The first-order valence-corrected chi connectivity index (χ1v) is 13.1. The minimum atomic E-state index is 0.591. The van der Waals surface area contributed by atoms with E-state index in [4.69, 9.17) is 15.0 Å². The lowest BCUT2D eigenvalue weighted by Crippen LogP contribution is -2.21. The number of anilines is 1. The predicted octanol–water partition coefficient (Wildman–Crippen LogP) is 8.23. The van der Waals surface area contributed by atoms with Crippen molar-refractivity contribution in [3.05, 3.63) is 126 Å². The molecular weight excluding hydrogens is 464 g/mol. The van der Waals surface area contributed by atoms with Crippen LogP contribution in [0.15, 0.2) is 126 Å². The number of aromatic nitrogens is 2. The van der Waals surface area contributed by atoms with Crippen LogP contribution in [0.3, 0.4) is 0 Å². The summed E-state index contributed by atoms with van der Waals surface area (Å²) >= 11 is 0. The molecule has 182 valence electrons. The number of amidine groups is 1. The molecule has 4 nitrogen and oxygen atoms in total. The molecule has 0 fully saturated rings. The Labute approximate surface area is 222 Å². The molecule has 2 aliphatic rings. The third-order valence-electron chi connectivity index (χ3n) is 7.24. The molecule has 5 aromatic rings. The van der Waals surface area contributed by atoms with Crippen LogP contribution in [0, 0.1) is 0 Å². The zero-order chi connectivity index (χ0) is 25.3. The zero-order valence-electron chi connectivity index (χ0n) is 20.9. The Hall–Kier alpha value is -4.83. The molecule has 7 rings (SSSR count). The number of aliphatic imine (C=N–C) groups is 1. The molecule has 0 amide bonds. The number of hydrogen-bond donors (Lipinski definition) is 1. The molecular formula is C34H26N4. The lowest BCUT2D eigenvalue weighted by atomic mass is 9.98. The van der Waals surface area contributed by atoms with Gasteiger partial charge in [0.2, 0.25) is 0 Å². The topological polar surface area (TPSA) is 50.2 Å². The molecule has 0 radical (unpaired) electrons. The average Bonchev–Trinajstić information content (AvgIpc) is 3.01. The highest BCUT2D eigenvalue weighted by molar-refractivity contribution is 6.11. The number of nitrogens with zero attached hydrogens (tertiary/aromatic N) is 3. The smallest absolute Gasteiger partial charge is 0.160 e. The van der Waals surface area contributed by atoms with Crippen molar-refractivity contribution in [2.24, 2.45) is 4.99 Å². The average molecular weight is 491 g/mol. The number of fused-ring (bicyclic) bond motifs is 3. The van der Waals surface area contributed by atoms with Gasteiger partial charge in [0.15, 0.2) is 5.82 Å². The SMILES string of the molecule is C1=CCCC(C2=NCc3c(ccc4c(-c5ccccc5)nc(-c5ccc(-c6ccccc6)cc5)nc34)N2)=C1. The van der Waals surface area contributed by atoms with Crippen LogP contribution in [0.5, 0.6) is 0 Å². The Morgan fingerprint density at radius 2 is 1.37 bits per heavy atom. The molecule has 1 aliphatic heterocycles. The maximum atomic E-state index is 5.14. The molecule has 0 saturated carbocycles. The van der Waals surface area contributed by atoms with Crippen LogP contribution in [0.2, 0.25) is 0 Å². The normalized spacial score (nSPS) is 14.4. The van der Waals surface area contributed by atoms with Crippen LogP contribution < -0.4 is 5.32 Å². The molecule has 1 aromatic heterocycles. The van der Waals surface area contributed by atoms with Gasteiger partial charge in [-0.1, -0.05) is 103 Å². The first-order valence-electron chi connectivity index (χ1n) is 13.1. The van der Waals surface area contributed by atoms with Crippen molar-refractivity contribution < 1.29 is 0 Å². The van der Waals surface area contributed by atoms with Crippen molar-refractivity contribution in [3.8, 4) is 33.8 Å². The van der Waals surface area contributed by atoms with E-state index in [1.54, 1.807) is 0 Å². The molecule has 1 N–H and O–H groups in total. The molecule has 2 heterocycles. The maximum absolute atomic E-state index is 5.14. The van der Waals surface area contributed by atoms with E-state index >= 15 is 0 Å². The minimum absolute atomic E-state index is 0.591. The van der Waals surface area contributed by atoms with Crippen LogP contribution in [0.4, 0.5) is 5.69 Å². The van der Waals surface area contributed by atoms with Gasteiger partial charge in [-0.05, 0) is 41.7 Å². The standard InChI is InChI=1S/C34H26N4/c1-4-10-23(11-5-1)24-16-18-27(19-17-24)34-37-31(25-12-6-2-7-13-25)28-20-21-30-29(32(28)38-34)22-35-33(36-30)26-14-8-3-9-15-26/h1-8,10-14,16-21H,9,15,22H2,(H,35,36). The van der Waals surface area contributed by atoms with Crippen LogP contribution in [-0.4, -0.2) is 15.8 Å². The van der Waals surface area contributed by atoms with Crippen molar-refractivity contribution in [3.63, 3.8) is 0 Å². The van der Waals surface area contributed by atoms with Gasteiger partial charge in [-0.25, -0.2) is 9.97 Å². The molecule has 4 heteroatoms. The van der Waals surface area contributed by atoms with Crippen LogP contribution in [0.25, 0.3) is 44.7 Å². The van der Waals surface area contributed by atoms with E-state index in [2.05, 4.69) is 108 Å². The molecule has 0 spiro atoms. The monoisotopic (exact) mass is 490 g/mol.